The molecule has 1 aromatic heterocycles. The minimum atomic E-state index is -0.697. The summed E-state index contributed by atoms with van der Waals surface area (Å²) in [6.07, 6.45) is -0.697. The van der Waals surface area contributed by atoms with Crippen LogP contribution in [0.15, 0.2) is 42.5 Å². The summed E-state index contributed by atoms with van der Waals surface area (Å²) in [4.78, 5) is 27.5. The number of fused-ring (bicyclic) bond motifs is 1. The number of aryl methyl sites for hydroxylation is 1. The Morgan fingerprint density at radius 3 is 2.56 bits per heavy atom. The molecule has 2 aromatic carbocycles. The fourth-order valence-electron chi connectivity index (χ4n) is 3.32. The van der Waals surface area contributed by atoms with Crippen molar-refractivity contribution in [1.29, 1.82) is 0 Å². The molecule has 3 aromatic rings. The summed E-state index contributed by atoms with van der Waals surface area (Å²) >= 11 is 0. The monoisotopic (exact) mass is 366 g/mol. The molecule has 0 spiro atoms. The van der Waals surface area contributed by atoms with Crippen molar-refractivity contribution in [3.05, 3.63) is 65.0 Å². The van der Waals surface area contributed by atoms with Crippen molar-refractivity contribution >= 4 is 28.3 Å². The lowest BCUT2D eigenvalue weighted by Crippen LogP contribution is -2.21. The van der Waals surface area contributed by atoms with Crippen LogP contribution in [0.2, 0.25) is 0 Å². The smallest absolute Gasteiger partial charge is 0.355 e. The van der Waals surface area contributed by atoms with Gasteiger partial charge in [0, 0.05) is 22.3 Å². The maximum atomic E-state index is 12.3. The van der Waals surface area contributed by atoms with Crippen molar-refractivity contribution < 1.29 is 19.4 Å². The Morgan fingerprint density at radius 1 is 1.15 bits per heavy atom. The molecule has 1 amide bonds. The second kappa shape index (κ2) is 7.63. The van der Waals surface area contributed by atoms with Crippen LogP contribution in [-0.2, 0) is 9.53 Å². The third-order valence-electron chi connectivity index (χ3n) is 4.52. The van der Waals surface area contributed by atoms with Gasteiger partial charge >= 0.3 is 5.97 Å². The van der Waals surface area contributed by atoms with E-state index in [-0.39, 0.29) is 5.69 Å². The molecule has 0 bridgehead atoms. The topological polar surface area (TPSA) is 91.4 Å². The Balaban J connectivity index is 1.67. The van der Waals surface area contributed by atoms with Crippen LogP contribution in [0.4, 0.5) is 5.69 Å². The fraction of sp³-hybridized carbons (Fsp3) is 0.238. The number of carbonyl (C=O) groups is 2. The number of aliphatic hydroxyl groups is 1. The Morgan fingerprint density at radius 2 is 1.85 bits per heavy atom. The van der Waals surface area contributed by atoms with Gasteiger partial charge in [-0.15, -0.1) is 0 Å². The number of H-pyrrole nitrogens is 1. The average Bonchev–Trinajstić information content (AvgIpc) is 2.94. The van der Waals surface area contributed by atoms with E-state index in [0.29, 0.717) is 22.5 Å². The van der Waals surface area contributed by atoms with Crippen LogP contribution in [0.5, 0.6) is 0 Å². The molecule has 3 rings (SSSR count). The number of hydrogen-bond acceptors (Lipinski definition) is 4. The van der Waals surface area contributed by atoms with Gasteiger partial charge in [0.1, 0.15) is 5.69 Å². The highest BCUT2D eigenvalue weighted by Gasteiger charge is 2.21. The van der Waals surface area contributed by atoms with Gasteiger partial charge < -0.3 is 20.1 Å². The maximum absolute atomic E-state index is 12.3. The first kappa shape index (κ1) is 18.7. The summed E-state index contributed by atoms with van der Waals surface area (Å²) in [7, 11) is 0. The molecular weight excluding hydrogens is 344 g/mol. The van der Waals surface area contributed by atoms with Crippen molar-refractivity contribution in [2.24, 2.45) is 0 Å². The van der Waals surface area contributed by atoms with Crippen molar-refractivity contribution in [2.45, 2.75) is 26.9 Å². The Labute approximate surface area is 157 Å². The first-order valence-electron chi connectivity index (χ1n) is 8.70. The summed E-state index contributed by atoms with van der Waals surface area (Å²) in [6, 6.07) is 13.3. The number of nitrogens with one attached hydrogen (secondary N) is 2. The quantitative estimate of drug-likeness (QED) is 0.601. The molecule has 1 atom stereocenters. The normalized spacial score (nSPS) is 12.0. The van der Waals surface area contributed by atoms with E-state index >= 15 is 0 Å². The van der Waals surface area contributed by atoms with Gasteiger partial charge in [-0.3, -0.25) is 4.79 Å². The Bertz CT molecular complexity index is 999. The van der Waals surface area contributed by atoms with Crippen molar-refractivity contribution in [1.82, 2.24) is 4.98 Å². The SMILES string of the molecule is Cc1[nH]c(C(=O)OCC(=O)Nc2cccc3ccccc23)c(C)c1[C@H](C)O. The van der Waals surface area contributed by atoms with E-state index in [1.165, 1.54) is 0 Å². The zero-order valence-electron chi connectivity index (χ0n) is 15.5. The minimum absolute atomic E-state index is 0.251. The Hall–Kier alpha value is -3.12. The van der Waals surface area contributed by atoms with E-state index in [4.69, 9.17) is 4.74 Å². The van der Waals surface area contributed by atoms with Gasteiger partial charge in [-0.1, -0.05) is 36.4 Å². The second-order valence-corrected chi connectivity index (χ2v) is 6.49. The highest BCUT2D eigenvalue weighted by atomic mass is 16.5. The van der Waals surface area contributed by atoms with Crippen molar-refractivity contribution in [3.8, 4) is 0 Å². The number of amides is 1. The predicted octanol–water partition coefficient (Wildman–Crippen LogP) is 3.63. The minimum Gasteiger partial charge on any atom is -0.451 e. The number of ether oxygens (including phenoxy) is 1. The summed E-state index contributed by atoms with van der Waals surface area (Å²) in [5.41, 5.74) is 2.91. The van der Waals surface area contributed by atoms with Crippen LogP contribution in [0, 0.1) is 13.8 Å². The Kier molecular flexibility index (Phi) is 5.28. The summed E-state index contributed by atoms with van der Waals surface area (Å²) in [5.74, 6) is -1.05. The zero-order valence-corrected chi connectivity index (χ0v) is 15.5. The third kappa shape index (κ3) is 3.85. The molecule has 0 fully saturated rings. The number of hydrogen-bond donors (Lipinski definition) is 3. The lowest BCUT2D eigenvalue weighted by molar-refractivity contribution is -0.119. The molecule has 0 aliphatic carbocycles. The zero-order chi connectivity index (χ0) is 19.6. The molecule has 0 radical (unpaired) electrons. The van der Waals surface area contributed by atoms with Gasteiger partial charge in [0.05, 0.1) is 6.10 Å². The number of aromatic nitrogens is 1. The van der Waals surface area contributed by atoms with Gasteiger partial charge in [0.2, 0.25) is 0 Å². The highest BCUT2D eigenvalue weighted by molar-refractivity contribution is 6.03. The lowest BCUT2D eigenvalue weighted by Gasteiger charge is -2.09. The van der Waals surface area contributed by atoms with Crippen LogP contribution >= 0.6 is 0 Å². The summed E-state index contributed by atoms with van der Waals surface area (Å²) < 4.78 is 5.14. The number of anilines is 1. The van der Waals surface area contributed by atoms with E-state index in [1.807, 2.05) is 36.4 Å². The number of carbonyl (C=O) groups excluding carboxylic acids is 2. The molecule has 6 heteroatoms. The van der Waals surface area contributed by atoms with Gasteiger partial charge in [-0.25, -0.2) is 4.79 Å². The van der Waals surface area contributed by atoms with Crippen LogP contribution in [0.3, 0.4) is 0 Å². The van der Waals surface area contributed by atoms with Crippen molar-refractivity contribution in [2.75, 3.05) is 11.9 Å². The third-order valence-corrected chi connectivity index (χ3v) is 4.52. The average molecular weight is 366 g/mol. The molecule has 0 aliphatic heterocycles. The molecule has 0 unspecified atom stereocenters. The highest BCUT2D eigenvalue weighted by Crippen LogP contribution is 2.25. The van der Waals surface area contributed by atoms with Crippen LogP contribution in [-0.4, -0.2) is 28.6 Å². The fourth-order valence-corrected chi connectivity index (χ4v) is 3.32. The predicted molar refractivity (Wildman–Crippen MR) is 104 cm³/mol. The molecular formula is C21H22N2O4. The van der Waals surface area contributed by atoms with E-state index in [0.717, 1.165) is 10.8 Å². The molecule has 0 saturated carbocycles. The molecule has 6 nitrogen and oxygen atoms in total. The number of esters is 1. The number of aromatic amines is 1. The van der Waals surface area contributed by atoms with Gasteiger partial charge in [0.15, 0.2) is 6.61 Å². The summed E-state index contributed by atoms with van der Waals surface area (Å²) in [6.45, 7) is 4.75. The van der Waals surface area contributed by atoms with Crippen molar-refractivity contribution in [3.63, 3.8) is 0 Å². The van der Waals surface area contributed by atoms with Gasteiger partial charge in [-0.05, 0) is 37.8 Å². The molecule has 3 N–H and O–H groups in total. The van der Waals surface area contributed by atoms with E-state index in [2.05, 4.69) is 10.3 Å². The number of aliphatic hydroxyl groups excluding tert-OH is 1. The number of benzene rings is 2. The van der Waals surface area contributed by atoms with Crippen LogP contribution in [0.1, 0.15) is 40.3 Å². The first-order valence-corrected chi connectivity index (χ1v) is 8.70. The van der Waals surface area contributed by atoms with E-state index in [1.54, 1.807) is 26.8 Å². The van der Waals surface area contributed by atoms with Crippen LogP contribution < -0.4 is 5.32 Å². The molecule has 27 heavy (non-hydrogen) atoms. The summed E-state index contributed by atoms with van der Waals surface area (Å²) in [5, 5.41) is 14.5. The van der Waals surface area contributed by atoms with E-state index in [9.17, 15) is 14.7 Å². The molecule has 140 valence electrons. The number of rotatable bonds is 5. The molecule has 0 aliphatic rings. The van der Waals surface area contributed by atoms with Gasteiger partial charge in [-0.2, -0.15) is 0 Å². The maximum Gasteiger partial charge on any atom is 0.355 e. The lowest BCUT2D eigenvalue weighted by atomic mass is 10.1. The standard InChI is InChI=1S/C21H22N2O4/c1-12-19(14(3)24)13(2)22-20(12)21(26)27-11-18(25)23-17-10-6-8-15-7-4-5-9-16(15)17/h4-10,14,22,24H,11H2,1-3H3,(H,23,25)/t14-/m0/s1. The van der Waals surface area contributed by atoms with Gasteiger partial charge in [0.25, 0.3) is 5.91 Å². The molecule has 1 heterocycles. The second-order valence-electron chi connectivity index (χ2n) is 6.49. The first-order chi connectivity index (χ1) is 12.9. The molecule has 0 saturated heterocycles. The van der Waals surface area contributed by atoms with E-state index < -0.39 is 24.6 Å². The van der Waals surface area contributed by atoms with Crippen LogP contribution in [0.25, 0.3) is 10.8 Å². The largest absolute Gasteiger partial charge is 0.451 e.